The second-order valence-corrected chi connectivity index (χ2v) is 7.41. The molecule has 0 bridgehead atoms. The molecule has 0 aliphatic carbocycles. The summed E-state index contributed by atoms with van der Waals surface area (Å²) in [6.07, 6.45) is 3.42. The maximum atomic E-state index is 11.3. The van der Waals surface area contributed by atoms with Gasteiger partial charge in [-0.3, -0.25) is 9.78 Å². The molecule has 0 atom stereocenters. The fourth-order valence-electron chi connectivity index (χ4n) is 2.50. The van der Waals surface area contributed by atoms with Gasteiger partial charge in [-0.15, -0.1) is 22.7 Å². The molecule has 4 rings (SSSR count). The van der Waals surface area contributed by atoms with Crippen molar-refractivity contribution in [2.45, 2.75) is 6.42 Å². The highest BCUT2D eigenvalue weighted by atomic mass is 32.1. The Morgan fingerprint density at radius 2 is 1.96 bits per heavy atom. The van der Waals surface area contributed by atoms with Crippen LogP contribution in [0.15, 0.2) is 54.0 Å². The van der Waals surface area contributed by atoms with Crippen LogP contribution in [0, 0.1) is 0 Å². The highest BCUT2D eigenvalue weighted by molar-refractivity contribution is 7.19. The Kier molecular flexibility index (Phi) is 4.55. The fourth-order valence-corrected chi connectivity index (χ4v) is 4.23. The van der Waals surface area contributed by atoms with Crippen molar-refractivity contribution < 1.29 is 9.90 Å². The first-order valence-corrected chi connectivity index (χ1v) is 9.54. The number of thiazole rings is 2. The smallest absolute Gasteiger partial charge is 0.307 e. The average Bonchev–Trinajstić information content (AvgIpc) is 3.28. The van der Waals surface area contributed by atoms with Gasteiger partial charge in [0.05, 0.1) is 28.0 Å². The second-order valence-electron chi connectivity index (χ2n) is 5.52. The van der Waals surface area contributed by atoms with Crippen molar-refractivity contribution in [3.63, 3.8) is 0 Å². The lowest BCUT2D eigenvalue weighted by molar-refractivity contribution is -0.135. The summed E-state index contributed by atoms with van der Waals surface area (Å²) in [6.45, 7) is 0. The molecular weight excluding hydrogens is 366 g/mol. The van der Waals surface area contributed by atoms with E-state index in [1.54, 1.807) is 12.3 Å². The predicted molar refractivity (Wildman–Crippen MR) is 105 cm³/mol. The van der Waals surface area contributed by atoms with Crippen molar-refractivity contribution in [1.82, 2.24) is 15.0 Å². The van der Waals surface area contributed by atoms with Crippen molar-refractivity contribution in [2.24, 2.45) is 0 Å². The van der Waals surface area contributed by atoms with Crippen molar-refractivity contribution in [3.05, 3.63) is 64.7 Å². The van der Waals surface area contributed by atoms with Gasteiger partial charge >= 0.3 is 5.97 Å². The number of carboxylic acid groups (broad SMARTS) is 1. The van der Waals surface area contributed by atoms with Crippen LogP contribution in [0.3, 0.4) is 0 Å². The predicted octanol–water partition coefficient (Wildman–Crippen LogP) is 4.83. The van der Waals surface area contributed by atoms with Crippen LogP contribution in [0.4, 0.5) is 0 Å². The Morgan fingerprint density at radius 3 is 2.73 bits per heavy atom. The molecule has 7 heteroatoms. The molecule has 5 nitrogen and oxygen atoms in total. The molecule has 0 aliphatic rings. The summed E-state index contributed by atoms with van der Waals surface area (Å²) in [7, 11) is 0. The zero-order valence-corrected chi connectivity index (χ0v) is 15.1. The quantitative estimate of drug-likeness (QED) is 0.537. The van der Waals surface area contributed by atoms with Gasteiger partial charge < -0.3 is 5.11 Å². The number of hydrogen-bond acceptors (Lipinski definition) is 6. The first kappa shape index (κ1) is 16.6. The van der Waals surface area contributed by atoms with Crippen LogP contribution in [0.5, 0.6) is 0 Å². The Hall–Kier alpha value is -2.90. The van der Waals surface area contributed by atoms with Crippen molar-refractivity contribution in [1.29, 1.82) is 0 Å². The molecule has 3 aromatic heterocycles. The van der Waals surface area contributed by atoms with Gasteiger partial charge in [0.15, 0.2) is 0 Å². The number of benzene rings is 1. The van der Waals surface area contributed by atoms with Gasteiger partial charge in [0.2, 0.25) is 0 Å². The average molecular weight is 379 g/mol. The third-order valence-electron chi connectivity index (χ3n) is 3.64. The molecule has 0 amide bonds. The lowest BCUT2D eigenvalue weighted by Crippen LogP contribution is -1.97. The monoisotopic (exact) mass is 379 g/mol. The summed E-state index contributed by atoms with van der Waals surface area (Å²) in [5.41, 5.74) is 3.04. The topological polar surface area (TPSA) is 76.0 Å². The lowest BCUT2D eigenvalue weighted by atomic mass is 10.1. The van der Waals surface area contributed by atoms with Gasteiger partial charge in [0, 0.05) is 17.2 Å². The van der Waals surface area contributed by atoms with E-state index in [9.17, 15) is 9.90 Å². The number of carboxylic acids is 1. The van der Waals surface area contributed by atoms with Crippen LogP contribution in [0.25, 0.3) is 32.6 Å². The van der Waals surface area contributed by atoms with Crippen LogP contribution in [-0.4, -0.2) is 26.0 Å². The van der Waals surface area contributed by atoms with E-state index < -0.39 is 5.97 Å². The van der Waals surface area contributed by atoms with E-state index in [1.807, 2.05) is 47.8 Å². The number of pyridine rings is 1. The zero-order valence-electron chi connectivity index (χ0n) is 13.5. The Balaban J connectivity index is 1.72. The van der Waals surface area contributed by atoms with E-state index in [2.05, 4.69) is 15.0 Å². The normalized spacial score (nSPS) is 11.8. The molecule has 0 aliphatic heterocycles. The molecule has 0 saturated heterocycles. The molecule has 0 fully saturated rings. The van der Waals surface area contributed by atoms with Crippen LogP contribution in [0.2, 0.25) is 0 Å². The van der Waals surface area contributed by atoms with E-state index in [0.29, 0.717) is 16.3 Å². The van der Waals surface area contributed by atoms with E-state index in [1.165, 1.54) is 22.7 Å². The molecule has 0 saturated carbocycles. The SMILES string of the molecule is O=C(O)C/C(=C/c1csc(-c2ccccn2)n1)c1nc2ccccc2s1. The van der Waals surface area contributed by atoms with Crippen molar-refractivity contribution >= 4 is 50.5 Å². The summed E-state index contributed by atoms with van der Waals surface area (Å²) in [5.74, 6) is -0.893. The minimum absolute atomic E-state index is 0.101. The van der Waals surface area contributed by atoms with Gasteiger partial charge in [-0.1, -0.05) is 18.2 Å². The maximum Gasteiger partial charge on any atom is 0.307 e. The van der Waals surface area contributed by atoms with Crippen LogP contribution in [-0.2, 0) is 4.79 Å². The van der Waals surface area contributed by atoms with Crippen LogP contribution < -0.4 is 0 Å². The van der Waals surface area contributed by atoms with Gasteiger partial charge in [-0.05, 0) is 30.3 Å². The first-order valence-electron chi connectivity index (χ1n) is 7.84. The van der Waals surface area contributed by atoms with Gasteiger partial charge in [-0.2, -0.15) is 0 Å². The summed E-state index contributed by atoms with van der Waals surface area (Å²) in [5, 5.41) is 12.7. The zero-order chi connectivity index (χ0) is 17.9. The summed E-state index contributed by atoms with van der Waals surface area (Å²) in [4.78, 5) is 24.8. The number of fused-ring (bicyclic) bond motifs is 1. The van der Waals surface area contributed by atoms with Crippen LogP contribution in [0.1, 0.15) is 17.1 Å². The molecule has 0 unspecified atom stereocenters. The highest BCUT2D eigenvalue weighted by Crippen LogP contribution is 2.31. The molecule has 0 radical (unpaired) electrons. The second kappa shape index (κ2) is 7.15. The molecule has 1 N–H and O–H groups in total. The number of nitrogens with zero attached hydrogens (tertiary/aromatic N) is 3. The van der Waals surface area contributed by atoms with Crippen molar-refractivity contribution in [2.75, 3.05) is 0 Å². The largest absolute Gasteiger partial charge is 0.481 e. The summed E-state index contributed by atoms with van der Waals surface area (Å²) in [6, 6.07) is 13.5. The Labute approximate surface area is 157 Å². The summed E-state index contributed by atoms with van der Waals surface area (Å²) >= 11 is 2.97. The van der Waals surface area contributed by atoms with E-state index in [4.69, 9.17) is 0 Å². The number of hydrogen-bond donors (Lipinski definition) is 1. The Bertz CT molecular complexity index is 1070. The molecule has 26 heavy (non-hydrogen) atoms. The highest BCUT2D eigenvalue weighted by Gasteiger charge is 2.14. The number of rotatable bonds is 5. The van der Waals surface area contributed by atoms with E-state index in [-0.39, 0.29) is 6.42 Å². The molecule has 128 valence electrons. The minimum atomic E-state index is -0.893. The molecule has 1 aromatic carbocycles. The molecular formula is C19H13N3O2S2. The fraction of sp³-hybridized carbons (Fsp3) is 0.0526. The Morgan fingerprint density at radius 1 is 1.12 bits per heavy atom. The van der Waals surface area contributed by atoms with Crippen LogP contribution >= 0.6 is 22.7 Å². The van der Waals surface area contributed by atoms with Gasteiger partial charge in [0.1, 0.15) is 10.0 Å². The van der Waals surface area contributed by atoms with Gasteiger partial charge in [-0.25, -0.2) is 9.97 Å². The minimum Gasteiger partial charge on any atom is -0.481 e. The summed E-state index contributed by atoms with van der Waals surface area (Å²) < 4.78 is 1.03. The van der Waals surface area contributed by atoms with E-state index >= 15 is 0 Å². The first-order chi connectivity index (χ1) is 12.7. The number of aliphatic carboxylic acids is 1. The molecule has 3 heterocycles. The molecule has 4 aromatic rings. The third kappa shape index (κ3) is 3.54. The van der Waals surface area contributed by atoms with Gasteiger partial charge in [0.25, 0.3) is 0 Å². The number of carbonyl (C=O) groups is 1. The number of para-hydroxylation sites is 1. The molecule has 0 spiro atoms. The van der Waals surface area contributed by atoms with Crippen molar-refractivity contribution in [3.8, 4) is 10.7 Å². The lowest BCUT2D eigenvalue weighted by Gasteiger charge is -1.99. The third-order valence-corrected chi connectivity index (χ3v) is 5.63. The number of aromatic nitrogens is 3. The maximum absolute atomic E-state index is 11.3. The van der Waals surface area contributed by atoms with E-state index in [0.717, 1.165) is 20.9 Å². The standard InChI is InChI=1S/C19H13N3O2S2/c23-17(24)10-12(18-22-14-5-1-2-7-16(14)26-18)9-13-11-25-19(21-13)15-6-3-4-8-20-15/h1-9,11H,10H2,(H,23,24)/b12-9-.